The highest BCUT2D eigenvalue weighted by Crippen LogP contribution is 2.36. The van der Waals surface area contributed by atoms with Crippen molar-refractivity contribution >= 4 is 5.91 Å². The van der Waals surface area contributed by atoms with Gasteiger partial charge < -0.3 is 9.64 Å². The molecule has 0 N–H and O–H groups in total. The van der Waals surface area contributed by atoms with Gasteiger partial charge in [-0.15, -0.1) is 0 Å². The third-order valence-corrected chi connectivity index (χ3v) is 4.99. The molecule has 0 bridgehead atoms. The minimum atomic E-state index is 0.141. The highest BCUT2D eigenvalue weighted by Gasteiger charge is 2.30. The van der Waals surface area contributed by atoms with Crippen LogP contribution >= 0.6 is 0 Å². The molecule has 4 rings (SSSR count). The number of nitrogens with zero attached hydrogens (tertiary/aromatic N) is 2. The van der Waals surface area contributed by atoms with Crippen molar-refractivity contribution in [3.05, 3.63) is 65.7 Å². The summed E-state index contributed by atoms with van der Waals surface area (Å²) in [7, 11) is 0. The van der Waals surface area contributed by atoms with E-state index >= 15 is 0 Å². The molecule has 0 saturated carbocycles. The Balaban J connectivity index is 1.43. The zero-order valence-electron chi connectivity index (χ0n) is 13.7. The lowest BCUT2D eigenvalue weighted by atomic mass is 9.98. The van der Waals surface area contributed by atoms with E-state index < -0.39 is 0 Å². The van der Waals surface area contributed by atoms with Crippen molar-refractivity contribution in [2.24, 2.45) is 0 Å². The van der Waals surface area contributed by atoms with E-state index in [1.807, 2.05) is 41.3 Å². The molecule has 24 heavy (non-hydrogen) atoms. The molecule has 2 aromatic rings. The average Bonchev–Trinajstić information content (AvgIpc) is 2.68. The van der Waals surface area contributed by atoms with Gasteiger partial charge in [-0.3, -0.25) is 9.69 Å². The maximum absolute atomic E-state index is 12.6. The molecule has 4 nitrogen and oxygen atoms in total. The van der Waals surface area contributed by atoms with Crippen LogP contribution < -0.4 is 4.74 Å². The number of rotatable bonds is 2. The standard InChI is InChI=1S/C20H22N2O2/c23-20(16-6-2-1-3-7-16)22-13-11-21(12-14-22)18-10-15-24-19-9-5-4-8-17(18)19/h1-9,18H,10-15H2. The van der Waals surface area contributed by atoms with Gasteiger partial charge in [0.2, 0.25) is 0 Å². The summed E-state index contributed by atoms with van der Waals surface area (Å²) in [6.07, 6.45) is 1.02. The van der Waals surface area contributed by atoms with E-state index in [4.69, 9.17) is 4.74 Å². The van der Waals surface area contributed by atoms with E-state index in [1.165, 1.54) is 5.56 Å². The first-order valence-electron chi connectivity index (χ1n) is 8.63. The highest BCUT2D eigenvalue weighted by atomic mass is 16.5. The second-order valence-electron chi connectivity index (χ2n) is 6.38. The second-order valence-corrected chi connectivity index (χ2v) is 6.38. The van der Waals surface area contributed by atoms with E-state index in [9.17, 15) is 4.79 Å². The van der Waals surface area contributed by atoms with Gasteiger partial charge in [-0.25, -0.2) is 0 Å². The summed E-state index contributed by atoms with van der Waals surface area (Å²) in [5.74, 6) is 1.15. The molecule has 2 aromatic carbocycles. The molecule has 0 spiro atoms. The number of ether oxygens (including phenoxy) is 1. The number of carbonyl (C=O) groups excluding carboxylic acids is 1. The van der Waals surface area contributed by atoms with Crippen LogP contribution in [-0.2, 0) is 0 Å². The molecule has 1 fully saturated rings. The highest BCUT2D eigenvalue weighted by molar-refractivity contribution is 5.94. The molecule has 1 saturated heterocycles. The number of carbonyl (C=O) groups is 1. The summed E-state index contributed by atoms with van der Waals surface area (Å²) in [5.41, 5.74) is 2.06. The van der Waals surface area contributed by atoms with Crippen molar-refractivity contribution in [2.45, 2.75) is 12.5 Å². The first kappa shape index (κ1) is 15.2. The number of fused-ring (bicyclic) bond motifs is 1. The van der Waals surface area contributed by atoms with Crippen LogP contribution in [0.25, 0.3) is 0 Å². The summed E-state index contributed by atoms with van der Waals surface area (Å²) < 4.78 is 5.77. The quantitative estimate of drug-likeness (QED) is 0.852. The molecule has 1 amide bonds. The van der Waals surface area contributed by atoms with Crippen LogP contribution in [-0.4, -0.2) is 48.5 Å². The summed E-state index contributed by atoms with van der Waals surface area (Å²) in [4.78, 5) is 17.0. The third kappa shape index (κ3) is 2.89. The fourth-order valence-electron chi connectivity index (χ4n) is 3.70. The van der Waals surface area contributed by atoms with Gasteiger partial charge in [-0.1, -0.05) is 36.4 Å². The smallest absolute Gasteiger partial charge is 0.253 e. The lowest BCUT2D eigenvalue weighted by Gasteiger charge is -2.41. The van der Waals surface area contributed by atoms with Crippen LogP contribution in [0.15, 0.2) is 54.6 Å². The van der Waals surface area contributed by atoms with Crippen LogP contribution in [0, 0.1) is 0 Å². The molecule has 0 aromatic heterocycles. The Bertz CT molecular complexity index is 709. The molecule has 2 aliphatic heterocycles. The molecule has 4 heteroatoms. The fraction of sp³-hybridized carbons (Fsp3) is 0.350. The third-order valence-electron chi connectivity index (χ3n) is 4.99. The summed E-state index contributed by atoms with van der Waals surface area (Å²) in [5, 5.41) is 0. The number of hydrogen-bond donors (Lipinski definition) is 0. The Hall–Kier alpha value is -2.33. The maximum atomic E-state index is 12.6. The molecule has 1 atom stereocenters. The van der Waals surface area contributed by atoms with Gasteiger partial charge in [0.05, 0.1) is 6.61 Å². The Kier molecular flexibility index (Phi) is 4.22. The minimum absolute atomic E-state index is 0.141. The largest absolute Gasteiger partial charge is 0.493 e. The number of piperazine rings is 1. The van der Waals surface area contributed by atoms with Gasteiger partial charge in [0.1, 0.15) is 5.75 Å². The van der Waals surface area contributed by atoms with Crippen molar-refractivity contribution in [1.29, 1.82) is 0 Å². The number of benzene rings is 2. The van der Waals surface area contributed by atoms with Gasteiger partial charge in [0.15, 0.2) is 0 Å². The lowest BCUT2D eigenvalue weighted by molar-refractivity contribution is 0.0510. The van der Waals surface area contributed by atoms with Crippen LogP contribution in [0.2, 0.25) is 0 Å². The fourth-order valence-corrected chi connectivity index (χ4v) is 3.70. The molecule has 0 aliphatic carbocycles. The minimum Gasteiger partial charge on any atom is -0.493 e. The average molecular weight is 322 g/mol. The van der Waals surface area contributed by atoms with E-state index in [0.717, 1.165) is 50.5 Å². The van der Waals surface area contributed by atoms with Crippen LogP contribution in [0.4, 0.5) is 0 Å². The molecule has 2 heterocycles. The number of amides is 1. The van der Waals surface area contributed by atoms with E-state index in [0.29, 0.717) is 6.04 Å². The van der Waals surface area contributed by atoms with Crippen molar-refractivity contribution in [1.82, 2.24) is 9.80 Å². The van der Waals surface area contributed by atoms with Gasteiger partial charge >= 0.3 is 0 Å². The van der Waals surface area contributed by atoms with Gasteiger partial charge in [0, 0.05) is 49.8 Å². The summed E-state index contributed by atoms with van der Waals surface area (Å²) >= 11 is 0. The van der Waals surface area contributed by atoms with Crippen molar-refractivity contribution in [3.8, 4) is 5.75 Å². The Morgan fingerprint density at radius 3 is 2.42 bits per heavy atom. The van der Waals surface area contributed by atoms with Crippen LogP contribution in [0.5, 0.6) is 5.75 Å². The van der Waals surface area contributed by atoms with Crippen LogP contribution in [0.1, 0.15) is 28.4 Å². The molecular formula is C20H22N2O2. The Morgan fingerprint density at radius 2 is 1.62 bits per heavy atom. The molecule has 2 aliphatic rings. The summed E-state index contributed by atoms with van der Waals surface area (Å²) in [6, 6.07) is 18.3. The number of hydrogen-bond acceptors (Lipinski definition) is 3. The SMILES string of the molecule is O=C(c1ccccc1)N1CCN(C2CCOc3ccccc32)CC1. The monoisotopic (exact) mass is 322 g/mol. The van der Waals surface area contributed by atoms with E-state index in [2.05, 4.69) is 23.1 Å². The molecular weight excluding hydrogens is 300 g/mol. The molecule has 0 radical (unpaired) electrons. The Morgan fingerprint density at radius 1 is 0.917 bits per heavy atom. The van der Waals surface area contributed by atoms with Gasteiger partial charge in [-0.2, -0.15) is 0 Å². The van der Waals surface area contributed by atoms with Crippen LogP contribution in [0.3, 0.4) is 0 Å². The summed E-state index contributed by atoms with van der Waals surface area (Å²) in [6.45, 7) is 4.17. The maximum Gasteiger partial charge on any atom is 0.253 e. The second kappa shape index (κ2) is 6.65. The van der Waals surface area contributed by atoms with E-state index in [-0.39, 0.29) is 5.91 Å². The van der Waals surface area contributed by atoms with E-state index in [1.54, 1.807) is 0 Å². The first-order valence-corrected chi connectivity index (χ1v) is 8.63. The van der Waals surface area contributed by atoms with Gasteiger partial charge in [-0.05, 0) is 18.2 Å². The Labute approximate surface area is 142 Å². The predicted molar refractivity (Wildman–Crippen MR) is 93.2 cm³/mol. The lowest BCUT2D eigenvalue weighted by Crippen LogP contribution is -2.50. The zero-order chi connectivity index (χ0) is 16.4. The first-order chi connectivity index (χ1) is 11.8. The normalized spacial score (nSPS) is 21.0. The predicted octanol–water partition coefficient (Wildman–Crippen LogP) is 2.97. The van der Waals surface area contributed by atoms with Crippen molar-refractivity contribution < 1.29 is 9.53 Å². The van der Waals surface area contributed by atoms with Crippen molar-refractivity contribution in [3.63, 3.8) is 0 Å². The van der Waals surface area contributed by atoms with Crippen molar-refractivity contribution in [2.75, 3.05) is 32.8 Å². The molecule has 1 unspecified atom stereocenters. The van der Waals surface area contributed by atoms with Gasteiger partial charge in [0.25, 0.3) is 5.91 Å². The zero-order valence-corrected chi connectivity index (χ0v) is 13.7. The number of para-hydroxylation sites is 1. The molecule has 124 valence electrons. The topological polar surface area (TPSA) is 32.8 Å².